The number of carbonyl (C=O) groups excluding carboxylic acids is 5. The predicted molar refractivity (Wildman–Crippen MR) is 148 cm³/mol. The molecule has 2 heterocycles. The van der Waals surface area contributed by atoms with Crippen LogP contribution in [0.4, 0.5) is 0 Å². The molecule has 9 nitrogen and oxygen atoms in total. The first-order valence-electron chi connectivity index (χ1n) is 13.7. The molecule has 1 saturated heterocycles. The number of nitrogens with zero attached hydrogens (tertiary/aromatic N) is 1. The lowest BCUT2D eigenvalue weighted by molar-refractivity contribution is -0.137. The van der Waals surface area contributed by atoms with Gasteiger partial charge in [-0.3, -0.25) is 34.3 Å². The summed E-state index contributed by atoms with van der Waals surface area (Å²) < 4.78 is 0. The summed E-state index contributed by atoms with van der Waals surface area (Å²) >= 11 is 0. The van der Waals surface area contributed by atoms with Crippen molar-refractivity contribution in [3.8, 4) is 0 Å². The second-order valence-electron chi connectivity index (χ2n) is 10.7. The maximum Gasteiger partial charge on any atom is 0.253 e. The third kappa shape index (κ3) is 5.78. The molecule has 2 aromatic carbocycles. The van der Waals surface area contributed by atoms with Crippen molar-refractivity contribution >= 4 is 40.3 Å². The van der Waals surface area contributed by atoms with Gasteiger partial charge in [-0.15, -0.1) is 0 Å². The minimum absolute atomic E-state index is 0.111. The topological polar surface area (TPSA) is 134 Å². The second kappa shape index (κ2) is 11.8. The molecule has 40 heavy (non-hydrogen) atoms. The van der Waals surface area contributed by atoms with Crippen molar-refractivity contribution in [2.75, 3.05) is 0 Å². The first kappa shape index (κ1) is 27.2. The van der Waals surface area contributed by atoms with Gasteiger partial charge in [0, 0.05) is 11.6 Å². The Morgan fingerprint density at radius 1 is 0.950 bits per heavy atom. The molecule has 1 aliphatic carbocycles. The molecule has 2 fully saturated rings. The van der Waals surface area contributed by atoms with Crippen molar-refractivity contribution in [1.29, 1.82) is 0 Å². The number of pyridine rings is 1. The average Bonchev–Trinajstić information content (AvgIpc) is 3.58. The van der Waals surface area contributed by atoms with Gasteiger partial charge < -0.3 is 10.6 Å². The molecule has 2 aliphatic rings. The molecule has 9 heteroatoms. The van der Waals surface area contributed by atoms with Crippen LogP contribution in [0.5, 0.6) is 0 Å². The van der Waals surface area contributed by atoms with Crippen LogP contribution >= 0.6 is 0 Å². The number of imide groups is 1. The number of carbonyl (C=O) groups is 5. The Bertz CT molecular complexity index is 1450. The molecule has 0 spiro atoms. The molecule has 1 saturated carbocycles. The van der Waals surface area contributed by atoms with Gasteiger partial charge in [-0.05, 0) is 36.5 Å². The number of nitrogens with one attached hydrogen (secondary N) is 3. The van der Waals surface area contributed by atoms with Crippen molar-refractivity contribution < 1.29 is 24.0 Å². The Labute approximate surface area is 232 Å². The highest BCUT2D eigenvalue weighted by atomic mass is 16.2. The highest BCUT2D eigenvalue weighted by molar-refractivity contribution is 6.16. The van der Waals surface area contributed by atoms with Crippen LogP contribution in [0.3, 0.4) is 0 Å². The number of benzene rings is 2. The van der Waals surface area contributed by atoms with E-state index in [9.17, 15) is 24.0 Å². The van der Waals surface area contributed by atoms with Crippen LogP contribution in [-0.4, -0.2) is 40.4 Å². The molecule has 206 valence electrons. The van der Waals surface area contributed by atoms with E-state index in [-0.39, 0.29) is 18.2 Å². The smallest absolute Gasteiger partial charge is 0.253 e. The number of rotatable bonds is 9. The van der Waals surface area contributed by atoms with Gasteiger partial charge in [0.1, 0.15) is 5.92 Å². The van der Waals surface area contributed by atoms with Crippen LogP contribution in [0.25, 0.3) is 10.9 Å². The highest BCUT2D eigenvalue weighted by Gasteiger charge is 2.47. The number of Topliss-reactive ketones (excluding diaryl/α,β-unsaturated/α-hetero) is 1. The van der Waals surface area contributed by atoms with Crippen LogP contribution in [0.15, 0.2) is 66.9 Å². The number of fused-ring (bicyclic) bond motifs is 1. The number of hydrogen-bond donors (Lipinski definition) is 3. The third-order valence-electron chi connectivity index (χ3n) is 7.99. The Morgan fingerprint density at radius 2 is 1.65 bits per heavy atom. The van der Waals surface area contributed by atoms with Gasteiger partial charge in [-0.1, -0.05) is 68.3 Å². The molecule has 1 aromatic heterocycles. The van der Waals surface area contributed by atoms with E-state index in [1.165, 1.54) is 6.20 Å². The molecule has 3 N–H and O–H groups in total. The zero-order valence-corrected chi connectivity index (χ0v) is 22.3. The number of hydrogen-bond acceptors (Lipinski definition) is 6. The summed E-state index contributed by atoms with van der Waals surface area (Å²) in [6.07, 6.45) is 4.75. The SMILES string of the molecule is C[C@@H]1C(=O)NC(=O)[C@H]1C(=O)[C@@H](NC(=O)C[C@H](NC(=O)c1cnc2ccccc2c1)c1ccccc1)C1CCCC1. The van der Waals surface area contributed by atoms with E-state index in [2.05, 4.69) is 20.9 Å². The summed E-state index contributed by atoms with van der Waals surface area (Å²) in [5.74, 6) is -4.34. The largest absolute Gasteiger partial charge is 0.346 e. The van der Waals surface area contributed by atoms with Gasteiger partial charge in [0.25, 0.3) is 5.91 Å². The lowest BCUT2D eigenvalue weighted by Gasteiger charge is -2.27. The first-order valence-corrected chi connectivity index (χ1v) is 13.7. The molecular weight excluding hydrogens is 508 g/mol. The Hall–Kier alpha value is -4.40. The monoisotopic (exact) mass is 540 g/mol. The van der Waals surface area contributed by atoms with Crippen molar-refractivity contribution in [1.82, 2.24) is 20.9 Å². The van der Waals surface area contributed by atoms with Crippen molar-refractivity contribution in [2.45, 2.75) is 51.1 Å². The predicted octanol–water partition coefficient (Wildman–Crippen LogP) is 3.25. The summed E-state index contributed by atoms with van der Waals surface area (Å²) in [5.41, 5.74) is 1.87. The Balaban J connectivity index is 1.35. The fourth-order valence-electron chi connectivity index (χ4n) is 5.76. The normalized spacial score (nSPS) is 20.6. The van der Waals surface area contributed by atoms with Crippen molar-refractivity contribution in [3.05, 3.63) is 78.0 Å². The zero-order chi connectivity index (χ0) is 28.2. The zero-order valence-electron chi connectivity index (χ0n) is 22.3. The minimum Gasteiger partial charge on any atom is -0.346 e. The number of para-hydroxylation sites is 1. The molecule has 3 aromatic rings. The second-order valence-corrected chi connectivity index (χ2v) is 10.7. The highest BCUT2D eigenvalue weighted by Crippen LogP contribution is 2.32. The van der Waals surface area contributed by atoms with Gasteiger partial charge in [0.15, 0.2) is 5.78 Å². The molecule has 0 bridgehead atoms. The third-order valence-corrected chi connectivity index (χ3v) is 7.99. The standard InChI is InChI=1S/C31H32N4O5/c1-18-26(31(40)35-29(18)38)28(37)27(20-11-5-6-12-20)34-25(36)16-24(19-9-3-2-4-10-19)33-30(39)22-15-21-13-7-8-14-23(21)32-17-22/h2-4,7-10,13-15,17-18,20,24,26-27H,5-6,11-12,16H2,1H3,(H,33,39)(H,34,36)(H,35,38,40)/t18-,24-,26+,27-/m0/s1. The quantitative estimate of drug-likeness (QED) is 0.282. The van der Waals surface area contributed by atoms with E-state index < -0.39 is 47.4 Å². The summed E-state index contributed by atoms with van der Waals surface area (Å²) in [6.45, 7) is 1.55. The van der Waals surface area contributed by atoms with Crippen molar-refractivity contribution in [2.24, 2.45) is 17.8 Å². The van der Waals surface area contributed by atoms with E-state index in [0.717, 1.165) is 42.1 Å². The summed E-state index contributed by atoms with van der Waals surface area (Å²) in [6, 6.07) is 16.8. The number of aromatic nitrogens is 1. The molecule has 4 atom stereocenters. The van der Waals surface area contributed by atoms with E-state index in [1.807, 2.05) is 54.6 Å². The van der Waals surface area contributed by atoms with E-state index in [0.29, 0.717) is 5.56 Å². The lowest BCUT2D eigenvalue weighted by atomic mass is 9.83. The molecule has 0 radical (unpaired) electrons. The first-order chi connectivity index (χ1) is 19.3. The fraction of sp³-hybridized carbons (Fsp3) is 0.355. The van der Waals surface area contributed by atoms with Crippen molar-refractivity contribution in [3.63, 3.8) is 0 Å². The molecule has 1 aliphatic heterocycles. The van der Waals surface area contributed by atoms with E-state index >= 15 is 0 Å². The lowest BCUT2D eigenvalue weighted by Crippen LogP contribution is -2.50. The molecule has 4 amide bonds. The molecule has 5 rings (SSSR count). The summed E-state index contributed by atoms with van der Waals surface area (Å²) in [7, 11) is 0. The Morgan fingerprint density at radius 3 is 2.35 bits per heavy atom. The average molecular weight is 541 g/mol. The summed E-state index contributed by atoms with van der Waals surface area (Å²) in [4.78, 5) is 69.1. The minimum atomic E-state index is -1.12. The maximum atomic E-state index is 13.6. The van der Waals surface area contributed by atoms with Crippen LogP contribution in [-0.2, 0) is 19.2 Å². The number of amides is 4. The Kier molecular flexibility index (Phi) is 8.00. The van der Waals surface area contributed by atoms with E-state index in [1.54, 1.807) is 13.0 Å². The van der Waals surface area contributed by atoms with Crippen LogP contribution in [0.2, 0.25) is 0 Å². The number of ketones is 1. The van der Waals surface area contributed by atoms with Gasteiger partial charge >= 0.3 is 0 Å². The van der Waals surface area contributed by atoms with E-state index in [4.69, 9.17) is 0 Å². The van der Waals surface area contributed by atoms with Gasteiger partial charge in [-0.2, -0.15) is 0 Å². The summed E-state index contributed by atoms with van der Waals surface area (Å²) in [5, 5.41) is 8.90. The van der Waals surface area contributed by atoms with Gasteiger partial charge in [0.05, 0.1) is 35.5 Å². The van der Waals surface area contributed by atoms with Gasteiger partial charge in [-0.25, -0.2) is 0 Å². The maximum absolute atomic E-state index is 13.6. The molecular formula is C31H32N4O5. The van der Waals surface area contributed by atoms with Gasteiger partial charge in [0.2, 0.25) is 17.7 Å². The van der Waals surface area contributed by atoms with Crippen LogP contribution in [0, 0.1) is 17.8 Å². The van der Waals surface area contributed by atoms with Crippen LogP contribution in [0.1, 0.15) is 61.0 Å². The fourth-order valence-corrected chi connectivity index (χ4v) is 5.76. The van der Waals surface area contributed by atoms with Crippen LogP contribution < -0.4 is 16.0 Å². The molecule has 0 unspecified atom stereocenters.